The van der Waals surface area contributed by atoms with Crippen LogP contribution in [0.5, 0.6) is 0 Å². The molecule has 0 radical (unpaired) electrons. The van der Waals surface area contributed by atoms with Crippen LogP contribution in [0, 0.1) is 0 Å². The Morgan fingerprint density at radius 3 is 2.40 bits per heavy atom. The Bertz CT molecular complexity index is 1280. The quantitative estimate of drug-likeness (QED) is 0.624. The van der Waals surface area contributed by atoms with Crippen LogP contribution in [-0.2, 0) is 17.1 Å². The molecule has 0 saturated carbocycles. The lowest BCUT2D eigenvalue weighted by molar-refractivity contribution is 0.102. The number of nitrogens with one attached hydrogen (secondary N) is 1. The maximum Gasteiger partial charge on any atom is 0.276 e. The molecule has 158 valence electrons. The van der Waals surface area contributed by atoms with E-state index >= 15 is 0 Å². The Hall–Kier alpha value is -2.75. The number of hydrogen-bond donors (Lipinski definition) is 1. The molecule has 0 aliphatic rings. The van der Waals surface area contributed by atoms with Gasteiger partial charge in [0.1, 0.15) is 0 Å². The minimum absolute atomic E-state index is 0.0178. The van der Waals surface area contributed by atoms with E-state index in [9.17, 15) is 18.0 Å². The molecule has 0 atom stereocenters. The second-order valence-corrected chi connectivity index (χ2v) is 8.85. The third-order valence-electron chi connectivity index (χ3n) is 4.70. The third kappa shape index (κ3) is 3.96. The molecule has 10 heteroatoms. The molecule has 8 nitrogen and oxygen atoms in total. The standard InChI is InChI=1S/C20H21ClN4O4S/c1-4-25(5-2)30(28,29)13-10-11-16(21)17(12-13)22-19(26)18-14-8-6-7-9-15(14)20(27)24(3)23-18/h6-12H,4-5H2,1-3H3,(H,22,26). The highest BCUT2D eigenvalue weighted by atomic mass is 35.5. The number of sulfonamides is 1. The predicted octanol–water partition coefficient (Wildman–Crippen LogP) is 2.87. The number of carbonyl (C=O) groups is 1. The van der Waals surface area contributed by atoms with Gasteiger partial charge in [0.15, 0.2) is 5.69 Å². The van der Waals surface area contributed by atoms with Crippen LogP contribution in [0.25, 0.3) is 10.8 Å². The van der Waals surface area contributed by atoms with E-state index in [0.29, 0.717) is 23.9 Å². The summed E-state index contributed by atoms with van der Waals surface area (Å²) < 4.78 is 28.0. The number of hydrogen-bond acceptors (Lipinski definition) is 5. The van der Waals surface area contributed by atoms with Crippen LogP contribution in [0.2, 0.25) is 5.02 Å². The molecule has 1 amide bonds. The van der Waals surface area contributed by atoms with Crippen LogP contribution in [-0.4, -0.2) is 41.5 Å². The van der Waals surface area contributed by atoms with E-state index in [1.807, 2.05) is 0 Å². The molecule has 1 aromatic heterocycles. The third-order valence-corrected chi connectivity index (χ3v) is 7.08. The smallest absolute Gasteiger partial charge is 0.276 e. The highest BCUT2D eigenvalue weighted by Crippen LogP contribution is 2.28. The molecule has 0 fully saturated rings. The van der Waals surface area contributed by atoms with Crippen LogP contribution < -0.4 is 10.9 Å². The Morgan fingerprint density at radius 2 is 1.77 bits per heavy atom. The van der Waals surface area contributed by atoms with Crippen molar-refractivity contribution in [3.05, 3.63) is 63.5 Å². The van der Waals surface area contributed by atoms with Gasteiger partial charge in [-0.1, -0.05) is 43.6 Å². The number of carbonyl (C=O) groups excluding carboxylic acids is 1. The van der Waals surface area contributed by atoms with E-state index in [1.165, 1.54) is 29.6 Å². The maximum atomic E-state index is 12.9. The van der Waals surface area contributed by atoms with Crippen molar-refractivity contribution in [1.29, 1.82) is 0 Å². The Balaban J connectivity index is 2.04. The van der Waals surface area contributed by atoms with Crippen LogP contribution in [0.4, 0.5) is 5.69 Å². The van der Waals surface area contributed by atoms with Crippen molar-refractivity contribution >= 4 is 44.0 Å². The van der Waals surface area contributed by atoms with Crippen LogP contribution in [0.15, 0.2) is 52.2 Å². The molecule has 2 aromatic carbocycles. The number of nitrogens with zero attached hydrogens (tertiary/aromatic N) is 3. The number of aryl methyl sites for hydroxylation is 1. The number of benzene rings is 2. The Labute approximate surface area is 179 Å². The van der Waals surface area contributed by atoms with Crippen molar-refractivity contribution in [2.24, 2.45) is 7.05 Å². The number of halogens is 1. The fourth-order valence-electron chi connectivity index (χ4n) is 3.12. The SMILES string of the molecule is CCN(CC)S(=O)(=O)c1ccc(Cl)c(NC(=O)c2nn(C)c(=O)c3ccccc23)c1. The molecule has 3 rings (SSSR count). The first-order valence-electron chi connectivity index (χ1n) is 9.27. The molecule has 1 heterocycles. The van der Waals surface area contributed by atoms with E-state index in [-0.39, 0.29) is 26.9 Å². The second-order valence-electron chi connectivity index (χ2n) is 6.51. The van der Waals surface area contributed by atoms with Crippen molar-refractivity contribution in [1.82, 2.24) is 14.1 Å². The summed E-state index contributed by atoms with van der Waals surface area (Å²) in [6.07, 6.45) is 0. The summed E-state index contributed by atoms with van der Waals surface area (Å²) in [4.78, 5) is 25.2. The van der Waals surface area contributed by atoms with Crippen molar-refractivity contribution in [2.45, 2.75) is 18.7 Å². The molecule has 0 aliphatic carbocycles. The first kappa shape index (κ1) is 21.9. The van der Waals surface area contributed by atoms with E-state index in [4.69, 9.17) is 11.6 Å². The van der Waals surface area contributed by atoms with Gasteiger partial charge in [0.25, 0.3) is 11.5 Å². The fraction of sp³-hybridized carbons (Fsp3) is 0.250. The first-order valence-corrected chi connectivity index (χ1v) is 11.1. The molecule has 0 spiro atoms. The first-order chi connectivity index (χ1) is 14.2. The summed E-state index contributed by atoms with van der Waals surface area (Å²) in [6, 6.07) is 10.8. The van der Waals surface area contributed by atoms with Crippen LogP contribution >= 0.6 is 11.6 Å². The van der Waals surface area contributed by atoms with Gasteiger partial charge >= 0.3 is 0 Å². The Kier molecular flexibility index (Phi) is 6.25. The summed E-state index contributed by atoms with van der Waals surface area (Å²) in [5.41, 5.74) is -0.164. The van der Waals surface area contributed by atoms with Gasteiger partial charge in [-0.2, -0.15) is 9.40 Å². The lowest BCUT2D eigenvalue weighted by atomic mass is 10.1. The average Bonchev–Trinajstić information content (AvgIpc) is 2.72. The van der Waals surface area contributed by atoms with Crippen LogP contribution in [0.3, 0.4) is 0 Å². The van der Waals surface area contributed by atoms with Gasteiger partial charge in [0, 0.05) is 25.5 Å². The van der Waals surface area contributed by atoms with Gasteiger partial charge in [0.2, 0.25) is 10.0 Å². The average molecular weight is 449 g/mol. The fourth-order valence-corrected chi connectivity index (χ4v) is 4.77. The normalized spacial score (nSPS) is 11.8. The number of rotatable bonds is 6. The molecular weight excluding hydrogens is 428 g/mol. The molecule has 3 aromatic rings. The number of anilines is 1. The largest absolute Gasteiger partial charge is 0.319 e. The van der Waals surface area contributed by atoms with E-state index < -0.39 is 15.9 Å². The van der Waals surface area contributed by atoms with Gasteiger partial charge in [-0.25, -0.2) is 13.1 Å². The second kappa shape index (κ2) is 8.55. The zero-order valence-electron chi connectivity index (χ0n) is 16.7. The Morgan fingerprint density at radius 1 is 1.13 bits per heavy atom. The summed E-state index contributed by atoms with van der Waals surface area (Å²) in [7, 11) is -2.27. The van der Waals surface area contributed by atoms with Crippen molar-refractivity contribution in [2.75, 3.05) is 18.4 Å². The molecule has 0 saturated heterocycles. The van der Waals surface area contributed by atoms with Crippen molar-refractivity contribution in [3.8, 4) is 0 Å². The molecule has 30 heavy (non-hydrogen) atoms. The zero-order chi connectivity index (χ0) is 22.1. The molecule has 0 bridgehead atoms. The highest BCUT2D eigenvalue weighted by molar-refractivity contribution is 7.89. The number of fused-ring (bicyclic) bond motifs is 1. The minimum atomic E-state index is -3.73. The molecule has 0 unspecified atom stereocenters. The van der Waals surface area contributed by atoms with E-state index in [0.717, 1.165) is 4.68 Å². The predicted molar refractivity (Wildman–Crippen MR) is 116 cm³/mol. The minimum Gasteiger partial charge on any atom is -0.319 e. The molecule has 1 N–H and O–H groups in total. The van der Waals surface area contributed by atoms with Gasteiger partial charge in [-0.05, 0) is 24.3 Å². The summed E-state index contributed by atoms with van der Waals surface area (Å²) in [5, 5.41) is 7.61. The molecular formula is C20H21ClN4O4S. The monoisotopic (exact) mass is 448 g/mol. The van der Waals surface area contributed by atoms with E-state index in [1.54, 1.807) is 38.1 Å². The highest BCUT2D eigenvalue weighted by Gasteiger charge is 2.23. The maximum absolute atomic E-state index is 12.9. The van der Waals surface area contributed by atoms with Crippen molar-refractivity contribution in [3.63, 3.8) is 0 Å². The lowest BCUT2D eigenvalue weighted by Crippen LogP contribution is -2.30. The van der Waals surface area contributed by atoms with Crippen molar-refractivity contribution < 1.29 is 13.2 Å². The summed E-state index contributed by atoms with van der Waals surface area (Å²) in [5.74, 6) is -0.610. The van der Waals surface area contributed by atoms with Gasteiger partial charge < -0.3 is 5.32 Å². The van der Waals surface area contributed by atoms with Crippen LogP contribution in [0.1, 0.15) is 24.3 Å². The summed E-state index contributed by atoms with van der Waals surface area (Å²) in [6.45, 7) is 4.13. The number of aromatic nitrogens is 2. The zero-order valence-corrected chi connectivity index (χ0v) is 18.3. The number of amides is 1. The lowest BCUT2D eigenvalue weighted by Gasteiger charge is -2.19. The van der Waals surface area contributed by atoms with E-state index in [2.05, 4.69) is 10.4 Å². The van der Waals surface area contributed by atoms with Gasteiger partial charge in [-0.3, -0.25) is 9.59 Å². The molecule has 0 aliphatic heterocycles. The summed E-state index contributed by atoms with van der Waals surface area (Å²) >= 11 is 6.20. The topological polar surface area (TPSA) is 101 Å². The van der Waals surface area contributed by atoms with Gasteiger partial charge in [0.05, 0.1) is 21.0 Å². The van der Waals surface area contributed by atoms with Gasteiger partial charge in [-0.15, -0.1) is 0 Å².